The highest BCUT2D eigenvalue weighted by molar-refractivity contribution is 9.10. The maximum Gasteiger partial charge on any atom is 0.311 e. The maximum absolute atomic E-state index is 13.4. The Balaban J connectivity index is 2.11. The van der Waals surface area contributed by atoms with E-state index in [2.05, 4.69) is 20.8 Å². The summed E-state index contributed by atoms with van der Waals surface area (Å²) in [6, 6.07) is 4.79. The van der Waals surface area contributed by atoms with E-state index < -0.39 is 11.4 Å². The fourth-order valence-electron chi connectivity index (χ4n) is 2.90. The average molecular weight is 344 g/mol. The Morgan fingerprint density at radius 3 is 2.70 bits per heavy atom. The minimum atomic E-state index is -0.726. The molecule has 1 aliphatic rings. The normalized spacial score (nSPS) is 23.4. The molecule has 1 heterocycles. The third-order valence-corrected chi connectivity index (χ3v) is 4.70. The SMILES string of the molecule is CC(C)C1(C(=O)O)CCN(Cc2cc(F)cc(Br)c2)C1. The summed E-state index contributed by atoms with van der Waals surface area (Å²) in [7, 11) is 0. The zero-order valence-corrected chi connectivity index (χ0v) is 13.3. The van der Waals surface area contributed by atoms with Crippen LogP contribution < -0.4 is 0 Å². The topological polar surface area (TPSA) is 40.5 Å². The summed E-state index contributed by atoms with van der Waals surface area (Å²) >= 11 is 3.28. The summed E-state index contributed by atoms with van der Waals surface area (Å²) < 4.78 is 14.1. The fraction of sp³-hybridized carbons (Fsp3) is 0.533. The monoisotopic (exact) mass is 343 g/mol. The molecule has 1 aromatic carbocycles. The molecule has 0 bridgehead atoms. The van der Waals surface area contributed by atoms with Crippen molar-refractivity contribution in [3.05, 3.63) is 34.1 Å². The number of carbonyl (C=O) groups is 1. The van der Waals surface area contributed by atoms with Gasteiger partial charge < -0.3 is 5.11 Å². The second-order valence-electron chi connectivity index (χ2n) is 5.85. The van der Waals surface area contributed by atoms with Gasteiger partial charge in [-0.25, -0.2) is 4.39 Å². The Morgan fingerprint density at radius 2 is 2.20 bits per heavy atom. The molecule has 0 radical (unpaired) electrons. The summed E-state index contributed by atoms with van der Waals surface area (Å²) in [5.74, 6) is -0.915. The zero-order chi connectivity index (χ0) is 14.9. The highest BCUT2D eigenvalue weighted by Gasteiger charge is 2.47. The number of likely N-dealkylation sites (tertiary alicyclic amines) is 1. The van der Waals surface area contributed by atoms with Gasteiger partial charge in [-0.1, -0.05) is 29.8 Å². The summed E-state index contributed by atoms with van der Waals surface area (Å²) in [5, 5.41) is 9.51. The van der Waals surface area contributed by atoms with Gasteiger partial charge in [0, 0.05) is 17.6 Å². The van der Waals surface area contributed by atoms with Crippen LogP contribution in [0.4, 0.5) is 4.39 Å². The van der Waals surface area contributed by atoms with Crippen molar-refractivity contribution < 1.29 is 14.3 Å². The molecule has 1 N–H and O–H groups in total. The Morgan fingerprint density at radius 1 is 1.50 bits per heavy atom. The first-order chi connectivity index (χ1) is 9.33. The van der Waals surface area contributed by atoms with Crippen LogP contribution in [0.3, 0.4) is 0 Å². The number of hydrogen-bond acceptors (Lipinski definition) is 2. The number of halogens is 2. The van der Waals surface area contributed by atoms with Crippen LogP contribution in [0, 0.1) is 17.2 Å². The number of carboxylic acid groups (broad SMARTS) is 1. The fourth-order valence-corrected chi connectivity index (χ4v) is 3.42. The molecule has 2 rings (SSSR count). The molecule has 20 heavy (non-hydrogen) atoms. The first kappa shape index (κ1) is 15.4. The Bertz CT molecular complexity index is 500. The van der Waals surface area contributed by atoms with E-state index in [-0.39, 0.29) is 11.7 Å². The van der Waals surface area contributed by atoms with Crippen LogP contribution in [-0.2, 0) is 11.3 Å². The number of aliphatic carboxylic acids is 1. The van der Waals surface area contributed by atoms with Gasteiger partial charge in [-0.05, 0) is 42.6 Å². The van der Waals surface area contributed by atoms with E-state index >= 15 is 0 Å². The summed E-state index contributed by atoms with van der Waals surface area (Å²) in [4.78, 5) is 13.7. The number of rotatable bonds is 4. The van der Waals surface area contributed by atoms with E-state index in [1.54, 1.807) is 0 Å². The molecule has 1 aromatic rings. The number of carboxylic acids is 1. The van der Waals surface area contributed by atoms with Gasteiger partial charge in [-0.2, -0.15) is 0 Å². The summed E-state index contributed by atoms with van der Waals surface area (Å²) in [6.07, 6.45) is 0.649. The molecule has 1 unspecified atom stereocenters. The average Bonchev–Trinajstić information content (AvgIpc) is 2.72. The molecular formula is C15H19BrFNO2. The lowest BCUT2D eigenvalue weighted by Crippen LogP contribution is -2.39. The van der Waals surface area contributed by atoms with E-state index in [0.717, 1.165) is 12.1 Å². The van der Waals surface area contributed by atoms with Crippen molar-refractivity contribution in [1.29, 1.82) is 0 Å². The minimum absolute atomic E-state index is 0.0873. The van der Waals surface area contributed by atoms with Crippen molar-refractivity contribution in [2.24, 2.45) is 11.3 Å². The lowest BCUT2D eigenvalue weighted by molar-refractivity contribution is -0.151. The van der Waals surface area contributed by atoms with Gasteiger partial charge in [-0.15, -0.1) is 0 Å². The van der Waals surface area contributed by atoms with Crippen LogP contribution in [-0.4, -0.2) is 29.1 Å². The first-order valence-electron chi connectivity index (χ1n) is 6.74. The van der Waals surface area contributed by atoms with E-state index in [1.165, 1.54) is 12.1 Å². The first-order valence-corrected chi connectivity index (χ1v) is 7.53. The van der Waals surface area contributed by atoms with E-state index in [9.17, 15) is 14.3 Å². The molecule has 0 aromatic heterocycles. The van der Waals surface area contributed by atoms with Crippen LogP contribution in [0.2, 0.25) is 0 Å². The van der Waals surface area contributed by atoms with Crippen LogP contribution in [0.25, 0.3) is 0 Å². The third-order valence-electron chi connectivity index (χ3n) is 4.24. The van der Waals surface area contributed by atoms with Gasteiger partial charge in [0.05, 0.1) is 5.41 Å². The minimum Gasteiger partial charge on any atom is -0.481 e. The van der Waals surface area contributed by atoms with Crippen molar-refractivity contribution in [3.63, 3.8) is 0 Å². The van der Waals surface area contributed by atoms with Crippen molar-refractivity contribution in [2.45, 2.75) is 26.8 Å². The lowest BCUT2D eigenvalue weighted by Gasteiger charge is -2.28. The predicted octanol–water partition coefficient (Wildman–Crippen LogP) is 3.52. The number of hydrogen-bond donors (Lipinski definition) is 1. The molecule has 1 aliphatic heterocycles. The largest absolute Gasteiger partial charge is 0.481 e. The highest BCUT2D eigenvalue weighted by Crippen LogP contribution is 2.38. The molecule has 0 saturated carbocycles. The molecule has 1 atom stereocenters. The van der Waals surface area contributed by atoms with Crippen molar-refractivity contribution in [2.75, 3.05) is 13.1 Å². The lowest BCUT2D eigenvalue weighted by atomic mass is 9.76. The van der Waals surface area contributed by atoms with Gasteiger partial charge >= 0.3 is 5.97 Å². The zero-order valence-electron chi connectivity index (χ0n) is 11.7. The van der Waals surface area contributed by atoms with Crippen LogP contribution in [0.15, 0.2) is 22.7 Å². The molecule has 0 spiro atoms. The summed E-state index contributed by atoms with van der Waals surface area (Å²) in [6.45, 7) is 5.75. The smallest absolute Gasteiger partial charge is 0.311 e. The quantitative estimate of drug-likeness (QED) is 0.909. The Kier molecular flexibility index (Phi) is 4.49. The molecule has 3 nitrogen and oxygen atoms in total. The van der Waals surface area contributed by atoms with E-state index in [1.807, 2.05) is 19.9 Å². The molecule has 0 aliphatic carbocycles. The van der Waals surface area contributed by atoms with Crippen molar-refractivity contribution in [1.82, 2.24) is 4.90 Å². The second-order valence-corrected chi connectivity index (χ2v) is 6.77. The van der Waals surface area contributed by atoms with Crippen molar-refractivity contribution in [3.8, 4) is 0 Å². The molecule has 5 heteroatoms. The molecule has 1 saturated heterocycles. The van der Waals surface area contributed by atoms with Gasteiger partial charge in [0.15, 0.2) is 0 Å². The highest BCUT2D eigenvalue weighted by atomic mass is 79.9. The molecule has 1 fully saturated rings. The maximum atomic E-state index is 13.4. The number of nitrogens with zero attached hydrogens (tertiary/aromatic N) is 1. The predicted molar refractivity (Wildman–Crippen MR) is 78.9 cm³/mol. The third kappa shape index (κ3) is 3.04. The Labute approximate surface area is 126 Å². The van der Waals surface area contributed by atoms with Gasteiger partial charge in [0.25, 0.3) is 0 Å². The Hall–Kier alpha value is -0.940. The summed E-state index contributed by atoms with van der Waals surface area (Å²) in [5.41, 5.74) is 0.187. The molecule has 110 valence electrons. The van der Waals surface area contributed by atoms with Crippen LogP contribution in [0.1, 0.15) is 25.8 Å². The van der Waals surface area contributed by atoms with Crippen LogP contribution in [0.5, 0.6) is 0 Å². The van der Waals surface area contributed by atoms with Gasteiger partial charge in [-0.3, -0.25) is 9.69 Å². The second kappa shape index (κ2) is 5.82. The van der Waals surface area contributed by atoms with E-state index in [0.29, 0.717) is 24.0 Å². The van der Waals surface area contributed by atoms with Gasteiger partial charge in [0.1, 0.15) is 5.82 Å². The number of benzene rings is 1. The standard InChI is InChI=1S/C15H19BrFNO2/c1-10(2)15(14(19)20)3-4-18(9-15)8-11-5-12(16)7-13(17)6-11/h5-7,10H,3-4,8-9H2,1-2H3,(H,19,20). The van der Waals surface area contributed by atoms with Crippen LogP contribution >= 0.6 is 15.9 Å². The van der Waals surface area contributed by atoms with E-state index in [4.69, 9.17) is 0 Å². The van der Waals surface area contributed by atoms with Crippen molar-refractivity contribution >= 4 is 21.9 Å². The molecule has 0 amide bonds. The van der Waals surface area contributed by atoms with Gasteiger partial charge in [0.2, 0.25) is 0 Å². The molecular weight excluding hydrogens is 325 g/mol.